The third kappa shape index (κ3) is 2.50. The molecule has 0 saturated heterocycles. The van der Waals surface area contributed by atoms with Gasteiger partial charge in [-0.2, -0.15) is 11.3 Å². The molecule has 0 amide bonds. The summed E-state index contributed by atoms with van der Waals surface area (Å²) in [7, 11) is 0. The van der Waals surface area contributed by atoms with Crippen LogP contribution in [0.1, 0.15) is 0 Å². The zero-order valence-electron chi connectivity index (χ0n) is 2.72. The summed E-state index contributed by atoms with van der Waals surface area (Å²) in [5.74, 6) is 0. The van der Waals surface area contributed by atoms with Crippen molar-refractivity contribution in [2.45, 2.75) is 0 Å². The first-order valence-corrected chi connectivity index (χ1v) is 2.41. The Labute approximate surface area is 84.0 Å². The van der Waals surface area contributed by atoms with Gasteiger partial charge < -0.3 is 0 Å². The van der Waals surface area contributed by atoms with Gasteiger partial charge in [0.15, 0.2) is 0 Å². The van der Waals surface area contributed by atoms with Crippen molar-refractivity contribution in [2.24, 2.45) is 0 Å². The average molecular weight is 124 g/mol. The van der Waals surface area contributed by atoms with Crippen molar-refractivity contribution in [2.75, 3.05) is 0 Å². The van der Waals surface area contributed by atoms with Gasteiger partial charge in [-0.3, -0.25) is 0 Å². The van der Waals surface area contributed by atoms with Gasteiger partial charge >= 0.3 is 51.4 Å². The summed E-state index contributed by atoms with van der Waals surface area (Å²) in [5.41, 5.74) is 0. The molecule has 0 N–H and O–H groups in total. The molecule has 0 unspecified atom stereocenters. The molecule has 28 valence electrons. The van der Waals surface area contributed by atoms with Gasteiger partial charge in [-0.25, -0.2) is 0 Å². The van der Waals surface area contributed by atoms with Crippen LogP contribution in [0.3, 0.4) is 0 Å². The van der Waals surface area contributed by atoms with Gasteiger partial charge in [-0.05, 0) is 10.8 Å². The van der Waals surface area contributed by atoms with Gasteiger partial charge in [0.25, 0.3) is 0 Å². The minimum atomic E-state index is 0. The Morgan fingerprint density at radius 2 is 1.50 bits per heavy atom. The molecule has 1 aromatic rings. The van der Waals surface area contributed by atoms with Crippen molar-refractivity contribution in [3.8, 4) is 0 Å². The van der Waals surface area contributed by atoms with Crippen molar-refractivity contribution in [1.29, 1.82) is 0 Å². The van der Waals surface area contributed by atoms with Crippen LogP contribution < -0.4 is 0 Å². The van der Waals surface area contributed by atoms with Crippen molar-refractivity contribution < 1.29 is 0 Å². The zero-order valence-corrected chi connectivity index (χ0v) is 3.53. The Hall–Kier alpha value is 1.34. The minimum absolute atomic E-state index is 0. The smallest absolute Gasteiger partial charge is 0.00934 e. The maximum atomic E-state index is 2.04. The maximum absolute atomic E-state index is 2.04. The molecule has 0 aliphatic rings. The number of hydrogen-bond donors (Lipinski definition) is 0. The van der Waals surface area contributed by atoms with E-state index in [1.54, 1.807) is 11.3 Å². The number of hydrogen-bond acceptors (Lipinski definition) is 1. The molecule has 0 nitrogen and oxygen atoms in total. The molecule has 0 aromatic carbocycles. The molecule has 6 heavy (non-hydrogen) atoms. The normalized spacial score (nSPS) is 6.67. The van der Waals surface area contributed by atoms with Crippen LogP contribution >= 0.6 is 11.3 Å². The fraction of sp³-hybridized carbons (Fsp3) is 0. The second-order valence-electron chi connectivity index (χ2n) is 0.793. The third-order valence-corrected chi connectivity index (χ3v) is 1.05. The van der Waals surface area contributed by atoms with Gasteiger partial charge in [0.2, 0.25) is 0 Å². The molecular weight excluding hydrogens is 119 g/mol. The third-order valence-electron chi connectivity index (χ3n) is 0.425. The van der Waals surface area contributed by atoms with E-state index in [2.05, 4.69) is 0 Å². The molecule has 1 rings (SSSR count). The summed E-state index contributed by atoms with van der Waals surface area (Å²) in [4.78, 5) is 0. The van der Waals surface area contributed by atoms with Gasteiger partial charge in [0, 0.05) is 0 Å². The summed E-state index contributed by atoms with van der Waals surface area (Å²) in [6, 6.07) is 4.04. The maximum Gasteiger partial charge on any atom is -0.00934 e. The first-order valence-electron chi connectivity index (χ1n) is 1.47. The largest absolute Gasteiger partial charge is 0.152 e. The van der Waals surface area contributed by atoms with E-state index < -0.39 is 0 Å². The molecule has 0 atom stereocenters. The van der Waals surface area contributed by atoms with Crippen LogP contribution in [-0.4, -0.2) is 51.4 Å². The Balaban J connectivity index is 0.000000250. The van der Waals surface area contributed by atoms with E-state index in [4.69, 9.17) is 0 Å². The molecule has 1 heterocycles. The fourth-order valence-electron chi connectivity index (χ4n) is 0.227. The van der Waals surface area contributed by atoms with E-state index in [0.29, 0.717) is 0 Å². The molecule has 2 heteroatoms. The van der Waals surface area contributed by atoms with Crippen LogP contribution in [-0.2, 0) is 0 Å². The standard InChI is InChI=1S/C4H4S.K.H/c1-2-4-5-3-1;;/h1-4H;;. The van der Waals surface area contributed by atoms with E-state index in [9.17, 15) is 0 Å². The topological polar surface area (TPSA) is 0 Å². The van der Waals surface area contributed by atoms with Gasteiger partial charge in [-0.15, -0.1) is 0 Å². The predicted octanol–water partition coefficient (Wildman–Crippen LogP) is 1.10. The Bertz CT molecular complexity index is 64.0. The summed E-state index contributed by atoms with van der Waals surface area (Å²) < 4.78 is 0. The molecule has 0 saturated carbocycles. The van der Waals surface area contributed by atoms with E-state index in [-0.39, 0.29) is 51.4 Å². The number of thiophene rings is 1. The van der Waals surface area contributed by atoms with Gasteiger partial charge in [-0.1, -0.05) is 12.1 Å². The van der Waals surface area contributed by atoms with Crippen LogP contribution in [0.25, 0.3) is 0 Å². The molecule has 0 radical (unpaired) electrons. The van der Waals surface area contributed by atoms with Crippen molar-refractivity contribution in [3.05, 3.63) is 22.9 Å². The first-order chi connectivity index (χ1) is 2.50. The van der Waals surface area contributed by atoms with Crippen LogP contribution in [0.4, 0.5) is 0 Å². The minimum Gasteiger partial charge on any atom is -0.152 e. The second-order valence-corrected chi connectivity index (χ2v) is 1.61. The van der Waals surface area contributed by atoms with Crippen LogP contribution in [0.15, 0.2) is 22.9 Å². The van der Waals surface area contributed by atoms with E-state index >= 15 is 0 Å². The molecule has 0 aliphatic heterocycles. The molecule has 0 bridgehead atoms. The molecule has 1 aromatic heterocycles. The summed E-state index contributed by atoms with van der Waals surface area (Å²) >= 11 is 1.71. The predicted molar refractivity (Wildman–Crippen MR) is 31.5 cm³/mol. The average Bonchev–Trinajstić information content (AvgIpc) is 1.76. The van der Waals surface area contributed by atoms with Crippen LogP contribution in [0.5, 0.6) is 0 Å². The van der Waals surface area contributed by atoms with Crippen molar-refractivity contribution in [1.82, 2.24) is 0 Å². The Morgan fingerprint density at radius 1 is 1.00 bits per heavy atom. The summed E-state index contributed by atoms with van der Waals surface area (Å²) in [6.45, 7) is 0. The zero-order chi connectivity index (χ0) is 3.54. The number of rotatable bonds is 0. The van der Waals surface area contributed by atoms with Crippen molar-refractivity contribution in [3.63, 3.8) is 0 Å². The monoisotopic (exact) mass is 124 g/mol. The molecule has 0 spiro atoms. The van der Waals surface area contributed by atoms with Gasteiger partial charge in [0.1, 0.15) is 0 Å². The Kier molecular flexibility index (Phi) is 5.50. The molecule has 0 fully saturated rings. The summed E-state index contributed by atoms with van der Waals surface area (Å²) in [5, 5.41) is 4.08. The van der Waals surface area contributed by atoms with E-state index in [1.165, 1.54) is 0 Å². The molecular formula is C4H5KS. The Morgan fingerprint density at radius 3 is 1.67 bits per heavy atom. The van der Waals surface area contributed by atoms with E-state index in [0.717, 1.165) is 0 Å². The fourth-order valence-corrected chi connectivity index (χ4v) is 0.680. The van der Waals surface area contributed by atoms with Crippen LogP contribution in [0, 0.1) is 0 Å². The SMILES string of the molecule is [KH].c1ccsc1. The molecule has 0 aliphatic carbocycles. The van der Waals surface area contributed by atoms with E-state index in [1.807, 2.05) is 22.9 Å². The van der Waals surface area contributed by atoms with Gasteiger partial charge in [0.05, 0.1) is 0 Å². The second kappa shape index (κ2) is 4.49. The first kappa shape index (κ1) is 7.34. The van der Waals surface area contributed by atoms with Crippen molar-refractivity contribution >= 4 is 62.7 Å². The summed E-state index contributed by atoms with van der Waals surface area (Å²) in [6.07, 6.45) is 0. The van der Waals surface area contributed by atoms with Crippen LogP contribution in [0.2, 0.25) is 0 Å². The quantitative estimate of drug-likeness (QED) is 0.454.